The van der Waals surface area contributed by atoms with E-state index >= 15 is 0 Å². The molecule has 2 N–H and O–H groups in total. The molecule has 2 atom stereocenters. The van der Waals surface area contributed by atoms with Gasteiger partial charge in [0, 0.05) is 12.3 Å². The minimum Gasteiger partial charge on any atom is -0.465 e. The zero-order valence-corrected chi connectivity index (χ0v) is 8.70. The van der Waals surface area contributed by atoms with Gasteiger partial charge in [-0.3, -0.25) is 0 Å². The summed E-state index contributed by atoms with van der Waals surface area (Å²) in [5, 5.41) is 10.5. The smallest absolute Gasteiger partial charge is 0.405 e. The lowest BCUT2D eigenvalue weighted by atomic mass is 10.1. The van der Waals surface area contributed by atoms with E-state index < -0.39 is 36.4 Å². The van der Waals surface area contributed by atoms with Crippen LogP contribution in [0.25, 0.3) is 0 Å². The molecule has 0 saturated heterocycles. The molecule has 1 fully saturated rings. The van der Waals surface area contributed by atoms with E-state index in [-0.39, 0.29) is 13.0 Å². The number of esters is 1. The van der Waals surface area contributed by atoms with Gasteiger partial charge in [0.1, 0.15) is 5.54 Å². The minimum atomic E-state index is -2.56. The maximum absolute atomic E-state index is 12.1. The number of carbonyl (C=O) groups excluding carboxylic acids is 1. The van der Waals surface area contributed by atoms with Gasteiger partial charge in [-0.15, -0.1) is 0 Å². The Morgan fingerprint density at radius 1 is 1.62 bits per heavy atom. The van der Waals surface area contributed by atoms with E-state index in [4.69, 9.17) is 5.11 Å². The lowest BCUT2D eigenvalue weighted by molar-refractivity contribution is -0.147. The standard InChI is InChI=1S/C9H13F2NO4/c1-2-16-7(13)9(12-8(14)15)4-5(9)3-6(10)11/h5-6,12H,2-4H2,1H3,(H,14,15)/t5-,9-/m1/s1. The minimum absolute atomic E-state index is 0.0719. The van der Waals surface area contributed by atoms with Gasteiger partial charge in [-0.05, 0) is 13.3 Å². The van der Waals surface area contributed by atoms with Crippen molar-refractivity contribution < 1.29 is 28.2 Å². The molecule has 0 unspecified atom stereocenters. The normalized spacial score (nSPS) is 27.6. The Labute approximate surface area is 90.8 Å². The fraction of sp³-hybridized carbons (Fsp3) is 0.778. The van der Waals surface area contributed by atoms with Gasteiger partial charge in [0.15, 0.2) is 0 Å². The van der Waals surface area contributed by atoms with Crippen LogP contribution in [-0.4, -0.2) is 35.7 Å². The number of alkyl halides is 2. The van der Waals surface area contributed by atoms with Crippen LogP contribution in [-0.2, 0) is 9.53 Å². The first-order valence-electron chi connectivity index (χ1n) is 4.89. The predicted molar refractivity (Wildman–Crippen MR) is 49.3 cm³/mol. The molecule has 1 aliphatic rings. The Hall–Kier alpha value is -1.40. The third kappa shape index (κ3) is 2.59. The molecular weight excluding hydrogens is 224 g/mol. The molecule has 0 spiro atoms. The highest BCUT2D eigenvalue weighted by atomic mass is 19.3. The lowest BCUT2D eigenvalue weighted by Crippen LogP contribution is -2.45. The number of amides is 1. The van der Waals surface area contributed by atoms with Crippen LogP contribution < -0.4 is 5.32 Å². The molecule has 0 radical (unpaired) electrons. The molecular formula is C9H13F2NO4. The van der Waals surface area contributed by atoms with Crippen LogP contribution in [0.2, 0.25) is 0 Å². The van der Waals surface area contributed by atoms with Gasteiger partial charge < -0.3 is 15.2 Å². The molecule has 0 aromatic heterocycles. The number of carboxylic acid groups (broad SMARTS) is 1. The average Bonchev–Trinajstić information content (AvgIpc) is 2.77. The fourth-order valence-corrected chi connectivity index (χ4v) is 1.73. The number of halogens is 2. The zero-order valence-electron chi connectivity index (χ0n) is 8.70. The number of rotatable bonds is 5. The van der Waals surface area contributed by atoms with Crippen LogP contribution in [0, 0.1) is 5.92 Å². The molecule has 1 aliphatic carbocycles. The molecule has 0 aromatic rings. The Morgan fingerprint density at radius 3 is 2.69 bits per heavy atom. The summed E-state index contributed by atoms with van der Waals surface area (Å²) in [6.07, 6.45) is -4.40. The van der Waals surface area contributed by atoms with Gasteiger partial charge in [-0.25, -0.2) is 18.4 Å². The monoisotopic (exact) mass is 237 g/mol. The first kappa shape index (κ1) is 12.7. The van der Waals surface area contributed by atoms with Gasteiger partial charge >= 0.3 is 12.1 Å². The second-order valence-corrected chi connectivity index (χ2v) is 3.65. The second kappa shape index (κ2) is 4.63. The van der Waals surface area contributed by atoms with Crippen molar-refractivity contribution in [2.24, 2.45) is 5.92 Å². The van der Waals surface area contributed by atoms with Gasteiger partial charge in [0.2, 0.25) is 6.43 Å². The summed E-state index contributed by atoms with van der Waals surface area (Å²) in [5.41, 5.74) is -1.46. The van der Waals surface area contributed by atoms with E-state index in [0.29, 0.717) is 0 Å². The fourth-order valence-electron chi connectivity index (χ4n) is 1.73. The van der Waals surface area contributed by atoms with E-state index in [1.54, 1.807) is 6.92 Å². The number of hydrogen-bond acceptors (Lipinski definition) is 3. The number of carbonyl (C=O) groups is 2. The van der Waals surface area contributed by atoms with Gasteiger partial charge in [0.05, 0.1) is 6.61 Å². The maximum atomic E-state index is 12.1. The van der Waals surface area contributed by atoms with Crippen molar-refractivity contribution in [3.63, 3.8) is 0 Å². The molecule has 0 bridgehead atoms. The van der Waals surface area contributed by atoms with E-state index in [2.05, 4.69) is 4.74 Å². The molecule has 16 heavy (non-hydrogen) atoms. The Balaban J connectivity index is 2.66. The van der Waals surface area contributed by atoms with Gasteiger partial charge in [-0.2, -0.15) is 0 Å². The van der Waals surface area contributed by atoms with E-state index in [0.717, 1.165) is 0 Å². The lowest BCUT2D eigenvalue weighted by Gasteiger charge is -2.15. The van der Waals surface area contributed by atoms with Crippen LogP contribution in [0.1, 0.15) is 19.8 Å². The van der Waals surface area contributed by atoms with Crippen molar-refractivity contribution in [1.29, 1.82) is 0 Å². The number of nitrogens with one attached hydrogen (secondary N) is 1. The largest absolute Gasteiger partial charge is 0.465 e. The third-order valence-corrected chi connectivity index (χ3v) is 2.54. The SMILES string of the molecule is CCOC(=O)[C@@]1(NC(=O)O)C[C@H]1CC(F)F. The molecule has 1 amide bonds. The molecule has 1 saturated carbocycles. The van der Waals surface area contributed by atoms with E-state index in [1.165, 1.54) is 0 Å². The Morgan fingerprint density at radius 2 is 2.25 bits per heavy atom. The van der Waals surface area contributed by atoms with Gasteiger partial charge in [-0.1, -0.05) is 0 Å². The second-order valence-electron chi connectivity index (χ2n) is 3.65. The third-order valence-electron chi connectivity index (χ3n) is 2.54. The highest BCUT2D eigenvalue weighted by Crippen LogP contribution is 2.48. The summed E-state index contributed by atoms with van der Waals surface area (Å²) in [6, 6.07) is 0. The van der Waals surface area contributed by atoms with Crippen molar-refractivity contribution >= 4 is 12.1 Å². The number of ether oxygens (including phenoxy) is 1. The maximum Gasteiger partial charge on any atom is 0.405 e. The van der Waals surface area contributed by atoms with Crippen LogP contribution in [0.4, 0.5) is 13.6 Å². The Bertz CT molecular complexity index is 297. The average molecular weight is 237 g/mol. The van der Waals surface area contributed by atoms with Crippen molar-refractivity contribution in [3.8, 4) is 0 Å². The van der Waals surface area contributed by atoms with E-state index in [9.17, 15) is 18.4 Å². The highest BCUT2D eigenvalue weighted by molar-refractivity contribution is 5.89. The van der Waals surface area contributed by atoms with Crippen molar-refractivity contribution in [2.45, 2.75) is 31.7 Å². The van der Waals surface area contributed by atoms with E-state index in [1.807, 2.05) is 5.32 Å². The highest BCUT2D eigenvalue weighted by Gasteiger charge is 2.63. The summed E-state index contributed by atoms with van der Waals surface area (Å²) in [6.45, 7) is 1.65. The zero-order chi connectivity index (χ0) is 12.3. The molecule has 0 aromatic carbocycles. The summed E-state index contributed by atoms with van der Waals surface area (Å²) in [5.74, 6) is -1.45. The molecule has 5 nitrogen and oxygen atoms in total. The van der Waals surface area contributed by atoms with Crippen molar-refractivity contribution in [2.75, 3.05) is 6.61 Å². The summed E-state index contributed by atoms with van der Waals surface area (Å²) >= 11 is 0. The predicted octanol–water partition coefficient (Wildman–Crippen LogP) is 1.23. The van der Waals surface area contributed by atoms with Crippen LogP contribution in [0.3, 0.4) is 0 Å². The first-order valence-corrected chi connectivity index (χ1v) is 4.89. The summed E-state index contributed by atoms with van der Waals surface area (Å²) < 4.78 is 28.9. The Kier molecular flexibility index (Phi) is 3.66. The molecule has 0 heterocycles. The van der Waals surface area contributed by atoms with Crippen LogP contribution in [0.15, 0.2) is 0 Å². The van der Waals surface area contributed by atoms with Crippen LogP contribution in [0.5, 0.6) is 0 Å². The van der Waals surface area contributed by atoms with Crippen molar-refractivity contribution in [3.05, 3.63) is 0 Å². The molecule has 0 aliphatic heterocycles. The quantitative estimate of drug-likeness (QED) is 0.705. The van der Waals surface area contributed by atoms with Crippen LogP contribution >= 0.6 is 0 Å². The number of hydrogen-bond donors (Lipinski definition) is 2. The summed E-state index contributed by atoms with van der Waals surface area (Å²) in [4.78, 5) is 22.0. The summed E-state index contributed by atoms with van der Waals surface area (Å²) in [7, 11) is 0. The first-order chi connectivity index (χ1) is 7.42. The molecule has 7 heteroatoms. The van der Waals surface area contributed by atoms with Gasteiger partial charge in [0.25, 0.3) is 0 Å². The molecule has 1 rings (SSSR count). The topological polar surface area (TPSA) is 75.6 Å². The van der Waals surface area contributed by atoms with Crippen molar-refractivity contribution in [1.82, 2.24) is 5.32 Å². The molecule has 92 valence electrons.